The topological polar surface area (TPSA) is 34.2 Å². The maximum absolute atomic E-state index is 5.28. The Morgan fingerprint density at radius 1 is 1.00 bits per heavy atom. The third-order valence-electron chi connectivity index (χ3n) is 0.466. The standard InChI is InChI=1S/C2H6Cl2N4/c1-5-7(3)8(4)6-2/h1-2H3/q+2. The summed E-state index contributed by atoms with van der Waals surface area (Å²) in [4.78, 5) is 0. The lowest BCUT2D eigenvalue weighted by Crippen LogP contribution is -2.21. The fraction of sp³-hybridized carbons (Fsp3) is 1.00. The molecule has 0 spiro atoms. The summed E-state index contributed by atoms with van der Waals surface area (Å²) in [6.45, 7) is 0. The Morgan fingerprint density at radius 2 is 1.25 bits per heavy atom. The van der Waals surface area contributed by atoms with Crippen molar-refractivity contribution in [3.63, 3.8) is 0 Å². The van der Waals surface area contributed by atoms with Gasteiger partial charge in [-0.05, 0) is 0 Å². The third kappa shape index (κ3) is 2.18. The van der Waals surface area contributed by atoms with Crippen molar-refractivity contribution in [3.05, 3.63) is 0 Å². The fourth-order valence-corrected chi connectivity index (χ4v) is 0.283. The molecule has 0 aliphatic carbocycles. The smallest absolute Gasteiger partial charge is 0.112 e. The summed E-state index contributed by atoms with van der Waals surface area (Å²) in [7, 11) is 2.99. The summed E-state index contributed by atoms with van der Waals surface area (Å²) >= 11 is 10.6. The summed E-state index contributed by atoms with van der Waals surface area (Å²) in [6.07, 6.45) is 0. The highest BCUT2D eigenvalue weighted by Gasteiger charge is 2.13. The average molecular weight is 157 g/mol. The summed E-state index contributed by atoms with van der Waals surface area (Å²) in [5, 5.41) is 0. The van der Waals surface area contributed by atoms with Crippen LogP contribution >= 0.6 is 23.6 Å². The molecule has 0 aromatic carbocycles. The van der Waals surface area contributed by atoms with Crippen LogP contribution in [0.4, 0.5) is 0 Å². The molecule has 0 heterocycles. The SMILES string of the molecule is C[N][N+](Cl)=[N+](Cl)[N]C. The highest BCUT2D eigenvalue weighted by molar-refractivity contribution is 6.06. The molecule has 0 fully saturated rings. The molecule has 8 heavy (non-hydrogen) atoms. The minimum atomic E-state index is 0.877. The Balaban J connectivity index is 3.83. The predicted molar refractivity (Wildman–Crippen MR) is 28.3 cm³/mol. The maximum atomic E-state index is 5.28. The summed E-state index contributed by atoms with van der Waals surface area (Å²) in [5.74, 6) is 0. The van der Waals surface area contributed by atoms with Crippen molar-refractivity contribution in [1.82, 2.24) is 10.9 Å². The van der Waals surface area contributed by atoms with E-state index >= 15 is 0 Å². The van der Waals surface area contributed by atoms with Crippen molar-refractivity contribution in [1.29, 1.82) is 0 Å². The van der Waals surface area contributed by atoms with Gasteiger partial charge in [0, 0.05) is 0 Å². The lowest BCUT2D eigenvalue weighted by atomic mass is 11.5. The summed E-state index contributed by atoms with van der Waals surface area (Å²) < 4.78 is 1.75. The van der Waals surface area contributed by atoms with E-state index in [-0.39, 0.29) is 0 Å². The van der Waals surface area contributed by atoms with Crippen molar-refractivity contribution in [2.45, 2.75) is 0 Å². The minimum Gasteiger partial charge on any atom is 0.112 e. The zero-order chi connectivity index (χ0) is 6.57. The maximum Gasteiger partial charge on any atom is 0.246 e. The highest BCUT2D eigenvalue weighted by Crippen LogP contribution is 1.82. The van der Waals surface area contributed by atoms with Crippen molar-refractivity contribution in [2.75, 3.05) is 14.1 Å². The van der Waals surface area contributed by atoms with Gasteiger partial charge in [0.05, 0.1) is 0 Å². The number of rotatable bonds is 2. The van der Waals surface area contributed by atoms with E-state index in [0.717, 1.165) is 8.65 Å². The van der Waals surface area contributed by atoms with Crippen LogP contribution in [0.1, 0.15) is 0 Å². The number of hydrogen-bond donors (Lipinski definition) is 0. The van der Waals surface area contributed by atoms with Gasteiger partial charge < -0.3 is 0 Å². The number of halogens is 2. The zero-order valence-electron chi connectivity index (χ0n) is 4.54. The lowest BCUT2D eigenvalue weighted by Gasteiger charge is -1.74. The van der Waals surface area contributed by atoms with Crippen molar-refractivity contribution >= 4 is 23.6 Å². The van der Waals surface area contributed by atoms with E-state index in [9.17, 15) is 0 Å². The first-order chi connectivity index (χ1) is 3.72. The molecule has 0 saturated heterocycles. The molecule has 0 unspecified atom stereocenters. The molecule has 0 aliphatic heterocycles. The van der Waals surface area contributed by atoms with Crippen LogP contribution in [0.15, 0.2) is 0 Å². The molecule has 2 radical (unpaired) electrons. The van der Waals surface area contributed by atoms with E-state index in [2.05, 4.69) is 10.9 Å². The first-order valence-corrected chi connectivity index (χ1v) is 2.51. The quantitative estimate of drug-likeness (QED) is 0.309. The molecule has 0 saturated carbocycles. The second-order valence-electron chi connectivity index (χ2n) is 0.881. The molecule has 0 amide bonds. The Kier molecular flexibility index (Phi) is 3.64. The molecule has 0 aliphatic rings. The van der Waals surface area contributed by atoms with Crippen molar-refractivity contribution < 1.29 is 8.65 Å². The van der Waals surface area contributed by atoms with Gasteiger partial charge in [0.15, 0.2) is 14.1 Å². The molecule has 46 valence electrons. The first kappa shape index (κ1) is 7.78. The van der Waals surface area contributed by atoms with Crippen molar-refractivity contribution in [2.24, 2.45) is 0 Å². The molecule has 0 atom stereocenters. The molecule has 6 heteroatoms. The van der Waals surface area contributed by atoms with Crippen LogP contribution in [0, 0.1) is 0 Å². The van der Waals surface area contributed by atoms with E-state index in [1.807, 2.05) is 0 Å². The molecule has 4 nitrogen and oxygen atoms in total. The number of nitrogens with zero attached hydrogens (tertiary/aromatic N) is 4. The van der Waals surface area contributed by atoms with E-state index in [1.54, 1.807) is 0 Å². The van der Waals surface area contributed by atoms with Gasteiger partial charge >= 0.3 is 0 Å². The van der Waals surface area contributed by atoms with Crippen LogP contribution in [0.2, 0.25) is 0 Å². The molecular weight excluding hydrogens is 151 g/mol. The third-order valence-corrected chi connectivity index (χ3v) is 1.13. The van der Waals surface area contributed by atoms with Gasteiger partial charge in [-0.1, -0.05) is 0 Å². The Labute approximate surface area is 57.8 Å². The van der Waals surface area contributed by atoms with Gasteiger partial charge in [-0.3, -0.25) is 0 Å². The van der Waals surface area contributed by atoms with E-state index in [1.165, 1.54) is 14.1 Å². The fourth-order valence-electron chi connectivity index (χ4n) is 0.148. The summed E-state index contributed by atoms with van der Waals surface area (Å²) in [5.41, 5.74) is 6.92. The molecule has 0 N–H and O–H groups in total. The molecule has 0 rings (SSSR count). The van der Waals surface area contributed by atoms with Gasteiger partial charge in [-0.15, -0.1) is 0 Å². The van der Waals surface area contributed by atoms with E-state index in [4.69, 9.17) is 23.6 Å². The van der Waals surface area contributed by atoms with E-state index in [0.29, 0.717) is 0 Å². The predicted octanol–water partition coefficient (Wildman–Crippen LogP) is 0.0696. The minimum absolute atomic E-state index is 0.877. The second kappa shape index (κ2) is 3.74. The van der Waals surface area contributed by atoms with Gasteiger partial charge in [0.2, 0.25) is 32.2 Å². The monoisotopic (exact) mass is 156 g/mol. The van der Waals surface area contributed by atoms with Gasteiger partial charge in [-0.2, -0.15) is 0 Å². The van der Waals surface area contributed by atoms with E-state index < -0.39 is 0 Å². The largest absolute Gasteiger partial charge is 0.246 e. The Bertz CT molecular complexity index is 88.2. The molecule has 0 aromatic heterocycles. The van der Waals surface area contributed by atoms with Crippen LogP contribution < -0.4 is 10.9 Å². The number of hydrogen-bond acceptors (Lipinski definition) is 0. The Morgan fingerprint density at radius 3 is 1.38 bits per heavy atom. The van der Waals surface area contributed by atoms with Gasteiger partial charge in [0.1, 0.15) is 10.9 Å². The molecular formula is C2H6Cl2N4+2. The van der Waals surface area contributed by atoms with Crippen LogP contribution in [0.3, 0.4) is 0 Å². The van der Waals surface area contributed by atoms with Gasteiger partial charge in [0.25, 0.3) is 0 Å². The second-order valence-corrected chi connectivity index (χ2v) is 1.49. The van der Waals surface area contributed by atoms with Crippen LogP contribution in [0.5, 0.6) is 0 Å². The zero-order valence-corrected chi connectivity index (χ0v) is 6.06. The van der Waals surface area contributed by atoms with Gasteiger partial charge in [-0.25, -0.2) is 0 Å². The first-order valence-electron chi connectivity index (χ1n) is 1.83. The highest BCUT2D eigenvalue weighted by atomic mass is 35.5. The molecule has 0 bridgehead atoms. The van der Waals surface area contributed by atoms with Crippen molar-refractivity contribution in [3.8, 4) is 0 Å². The lowest BCUT2D eigenvalue weighted by molar-refractivity contribution is -0.948. The summed E-state index contributed by atoms with van der Waals surface area (Å²) in [6, 6.07) is 0. The van der Waals surface area contributed by atoms with Crippen LogP contribution in [0.25, 0.3) is 0 Å². The van der Waals surface area contributed by atoms with Crippen LogP contribution in [-0.4, -0.2) is 22.7 Å². The average Bonchev–Trinajstić information content (AvgIpc) is 1.84. The normalized spacial score (nSPS) is 12.5. The Hall–Kier alpha value is -0.220. The molecule has 0 aromatic rings. The van der Waals surface area contributed by atoms with Crippen LogP contribution in [-0.2, 0) is 0 Å².